The van der Waals surface area contributed by atoms with E-state index < -0.39 is 5.97 Å². The molecule has 18 heavy (non-hydrogen) atoms. The second-order valence-corrected chi connectivity index (χ2v) is 4.00. The summed E-state index contributed by atoms with van der Waals surface area (Å²) in [6, 6.07) is 13.5. The van der Waals surface area contributed by atoms with E-state index in [1.807, 2.05) is 30.3 Å². The minimum atomic E-state index is -0.438. The van der Waals surface area contributed by atoms with Crippen LogP contribution in [0.2, 0.25) is 0 Å². The van der Waals surface area contributed by atoms with Crippen LogP contribution in [0.1, 0.15) is 21.5 Å². The van der Waals surface area contributed by atoms with Crippen molar-refractivity contribution in [1.82, 2.24) is 0 Å². The Morgan fingerprint density at radius 2 is 1.78 bits per heavy atom. The molecular weight excluding hydrogens is 231 g/mol. The van der Waals surface area contributed by atoms with Gasteiger partial charge >= 0.3 is 5.97 Å². The summed E-state index contributed by atoms with van der Waals surface area (Å²) in [6.07, 6.45) is 1.73. The Morgan fingerprint density at radius 1 is 1.00 bits per heavy atom. The highest BCUT2D eigenvalue weighted by Crippen LogP contribution is 2.31. The fourth-order valence-electron chi connectivity index (χ4n) is 1.92. The molecule has 2 nitrogen and oxygen atoms in total. The van der Waals surface area contributed by atoms with Crippen LogP contribution in [-0.2, 0) is 4.74 Å². The molecular formula is C15H9FO2. The lowest BCUT2D eigenvalue weighted by atomic mass is 10.1. The molecule has 0 N–H and O–H groups in total. The highest BCUT2D eigenvalue weighted by Gasteiger charge is 2.26. The van der Waals surface area contributed by atoms with Gasteiger partial charge in [-0.3, -0.25) is 0 Å². The highest BCUT2D eigenvalue weighted by atomic mass is 19.1. The van der Waals surface area contributed by atoms with Gasteiger partial charge in [0.25, 0.3) is 0 Å². The molecule has 0 spiro atoms. The van der Waals surface area contributed by atoms with Crippen LogP contribution in [-0.4, -0.2) is 5.97 Å². The first-order valence-electron chi connectivity index (χ1n) is 5.53. The largest absolute Gasteiger partial charge is 0.422 e. The van der Waals surface area contributed by atoms with Gasteiger partial charge in [-0.05, 0) is 29.8 Å². The van der Waals surface area contributed by atoms with Crippen molar-refractivity contribution in [3.8, 4) is 0 Å². The normalized spacial score (nSPS) is 15.6. The van der Waals surface area contributed by atoms with Crippen LogP contribution < -0.4 is 0 Å². The average Bonchev–Trinajstić information content (AvgIpc) is 2.67. The first-order valence-corrected chi connectivity index (χ1v) is 5.53. The summed E-state index contributed by atoms with van der Waals surface area (Å²) in [4.78, 5) is 11.6. The Kier molecular flexibility index (Phi) is 2.45. The lowest BCUT2D eigenvalue weighted by molar-refractivity contribution is 0.0717. The van der Waals surface area contributed by atoms with Crippen LogP contribution in [0.3, 0.4) is 0 Å². The van der Waals surface area contributed by atoms with E-state index >= 15 is 0 Å². The van der Waals surface area contributed by atoms with E-state index in [1.54, 1.807) is 6.08 Å². The number of hydrogen-bond donors (Lipinski definition) is 0. The SMILES string of the molecule is O=C1O/C(=C/c2ccccc2)c2cc(F)ccc21. The Balaban J connectivity index is 2.10. The van der Waals surface area contributed by atoms with Crippen molar-refractivity contribution in [2.24, 2.45) is 0 Å². The number of halogens is 1. The second-order valence-electron chi connectivity index (χ2n) is 4.00. The van der Waals surface area contributed by atoms with E-state index in [-0.39, 0.29) is 5.82 Å². The van der Waals surface area contributed by atoms with E-state index in [1.165, 1.54) is 18.2 Å². The van der Waals surface area contributed by atoms with Gasteiger partial charge in [0.1, 0.15) is 11.6 Å². The van der Waals surface area contributed by atoms with Gasteiger partial charge in [0.05, 0.1) is 5.56 Å². The van der Waals surface area contributed by atoms with Gasteiger partial charge in [-0.1, -0.05) is 30.3 Å². The number of fused-ring (bicyclic) bond motifs is 1. The van der Waals surface area contributed by atoms with Gasteiger partial charge in [0.15, 0.2) is 0 Å². The minimum absolute atomic E-state index is 0.383. The predicted octanol–water partition coefficient (Wildman–Crippen LogP) is 3.49. The molecule has 3 rings (SSSR count). The van der Waals surface area contributed by atoms with Crippen molar-refractivity contribution < 1.29 is 13.9 Å². The molecule has 0 aromatic heterocycles. The third-order valence-corrected chi connectivity index (χ3v) is 2.77. The lowest BCUT2D eigenvalue weighted by Crippen LogP contribution is -1.92. The molecule has 3 heteroatoms. The van der Waals surface area contributed by atoms with Crippen molar-refractivity contribution in [1.29, 1.82) is 0 Å². The van der Waals surface area contributed by atoms with E-state index in [9.17, 15) is 9.18 Å². The Hall–Kier alpha value is -2.42. The number of cyclic esters (lactones) is 1. The molecule has 0 saturated heterocycles. The van der Waals surface area contributed by atoms with Gasteiger partial charge in [-0.15, -0.1) is 0 Å². The van der Waals surface area contributed by atoms with Crippen molar-refractivity contribution in [3.05, 3.63) is 71.0 Å². The van der Waals surface area contributed by atoms with Gasteiger partial charge < -0.3 is 4.74 Å². The minimum Gasteiger partial charge on any atom is -0.422 e. The van der Waals surface area contributed by atoms with Crippen LogP contribution in [0.5, 0.6) is 0 Å². The predicted molar refractivity (Wildman–Crippen MR) is 66.1 cm³/mol. The summed E-state index contributed by atoms with van der Waals surface area (Å²) in [5, 5.41) is 0. The fraction of sp³-hybridized carbons (Fsp3) is 0. The first-order chi connectivity index (χ1) is 8.74. The molecule has 0 unspecified atom stereocenters. The first kappa shape index (κ1) is 10.7. The maximum atomic E-state index is 13.2. The number of benzene rings is 2. The molecule has 0 amide bonds. The average molecular weight is 240 g/mol. The van der Waals surface area contributed by atoms with Crippen LogP contribution in [0.4, 0.5) is 4.39 Å². The smallest absolute Gasteiger partial charge is 0.344 e. The van der Waals surface area contributed by atoms with Crippen molar-refractivity contribution >= 4 is 17.8 Å². The molecule has 0 fully saturated rings. The molecule has 0 radical (unpaired) electrons. The maximum Gasteiger partial charge on any atom is 0.344 e. The number of rotatable bonds is 1. The summed E-state index contributed by atoms with van der Waals surface area (Å²) >= 11 is 0. The summed E-state index contributed by atoms with van der Waals surface area (Å²) in [5.74, 6) is -0.432. The summed E-state index contributed by atoms with van der Waals surface area (Å²) in [6.45, 7) is 0. The fourth-order valence-corrected chi connectivity index (χ4v) is 1.92. The van der Waals surface area contributed by atoms with Gasteiger partial charge in [0, 0.05) is 5.56 Å². The summed E-state index contributed by atoms with van der Waals surface area (Å²) in [7, 11) is 0. The molecule has 88 valence electrons. The monoisotopic (exact) mass is 240 g/mol. The van der Waals surface area contributed by atoms with Gasteiger partial charge in [-0.25, -0.2) is 9.18 Å². The van der Waals surface area contributed by atoms with Gasteiger partial charge in [-0.2, -0.15) is 0 Å². The Bertz CT molecular complexity index is 645. The zero-order chi connectivity index (χ0) is 12.5. The standard InChI is InChI=1S/C15H9FO2/c16-11-6-7-12-13(9-11)14(18-15(12)17)8-10-4-2-1-3-5-10/h1-9H/b14-8+. The summed E-state index contributed by atoms with van der Waals surface area (Å²) < 4.78 is 18.4. The number of carbonyl (C=O) groups is 1. The number of ether oxygens (including phenoxy) is 1. The number of esters is 1. The van der Waals surface area contributed by atoms with Crippen molar-refractivity contribution in [3.63, 3.8) is 0 Å². The van der Waals surface area contributed by atoms with Gasteiger partial charge in [0.2, 0.25) is 0 Å². The van der Waals surface area contributed by atoms with Crippen LogP contribution in [0, 0.1) is 5.82 Å². The second kappa shape index (κ2) is 4.11. The molecule has 0 saturated carbocycles. The quantitative estimate of drug-likeness (QED) is 0.713. The number of hydrogen-bond acceptors (Lipinski definition) is 2. The van der Waals surface area contributed by atoms with E-state index in [2.05, 4.69) is 0 Å². The van der Waals surface area contributed by atoms with E-state index in [0.717, 1.165) is 5.56 Å². The molecule has 1 heterocycles. The molecule has 2 aromatic rings. The highest BCUT2D eigenvalue weighted by molar-refractivity contribution is 6.05. The van der Waals surface area contributed by atoms with Crippen LogP contribution in [0.25, 0.3) is 11.8 Å². The van der Waals surface area contributed by atoms with Crippen molar-refractivity contribution in [2.45, 2.75) is 0 Å². The molecule has 0 aliphatic carbocycles. The zero-order valence-corrected chi connectivity index (χ0v) is 9.39. The summed E-state index contributed by atoms with van der Waals surface area (Å²) in [5.41, 5.74) is 1.81. The third kappa shape index (κ3) is 1.80. The zero-order valence-electron chi connectivity index (χ0n) is 9.39. The molecule has 1 aliphatic rings. The van der Waals surface area contributed by atoms with Crippen molar-refractivity contribution in [2.75, 3.05) is 0 Å². The van der Waals surface area contributed by atoms with E-state index in [4.69, 9.17) is 4.74 Å². The third-order valence-electron chi connectivity index (χ3n) is 2.77. The molecule has 0 bridgehead atoms. The van der Waals surface area contributed by atoms with Crippen LogP contribution in [0.15, 0.2) is 48.5 Å². The van der Waals surface area contributed by atoms with E-state index in [0.29, 0.717) is 16.9 Å². The number of carbonyl (C=O) groups excluding carboxylic acids is 1. The Labute approximate surface area is 103 Å². The van der Waals surface area contributed by atoms with Crippen LogP contribution >= 0.6 is 0 Å². The molecule has 2 aromatic carbocycles. The molecule has 0 atom stereocenters. The lowest BCUT2D eigenvalue weighted by Gasteiger charge is -1.99. The Morgan fingerprint density at radius 3 is 2.56 bits per heavy atom. The molecule has 1 aliphatic heterocycles. The maximum absolute atomic E-state index is 13.2. The topological polar surface area (TPSA) is 26.3 Å².